The number of fused-ring (bicyclic) bond motifs is 2. The Kier molecular flexibility index (Phi) is 6.19. The third kappa shape index (κ3) is 4.10. The van der Waals surface area contributed by atoms with Gasteiger partial charge in [-0.15, -0.1) is 24.0 Å². The van der Waals surface area contributed by atoms with Crippen LogP contribution in [0.5, 0.6) is 0 Å². The molecule has 1 aromatic carbocycles. The van der Waals surface area contributed by atoms with Gasteiger partial charge < -0.3 is 15.2 Å². The second kappa shape index (κ2) is 8.38. The van der Waals surface area contributed by atoms with Crippen molar-refractivity contribution in [3.05, 3.63) is 30.1 Å². The summed E-state index contributed by atoms with van der Waals surface area (Å²) in [6.07, 6.45) is 6.50. The first-order chi connectivity index (χ1) is 11.8. The minimum Gasteiger partial charge on any atom is -0.356 e. The number of likely N-dealkylation sites (tertiary alicyclic amines) is 1. The van der Waals surface area contributed by atoms with Crippen LogP contribution in [0.2, 0.25) is 0 Å². The maximum Gasteiger partial charge on any atom is 0.193 e. The van der Waals surface area contributed by atoms with E-state index in [9.17, 15) is 0 Å². The SMILES string of the molecule is CN=C(NCCc1nc2ccccc2[nH]1)N1CC2CCCCC2C1.I. The molecule has 1 aromatic heterocycles. The van der Waals surface area contributed by atoms with Crippen molar-refractivity contribution in [3.8, 4) is 0 Å². The lowest BCUT2D eigenvalue weighted by molar-refractivity contribution is 0.299. The molecule has 5 nitrogen and oxygen atoms in total. The van der Waals surface area contributed by atoms with Gasteiger partial charge in [-0.2, -0.15) is 0 Å². The molecular formula is C19H28IN5. The first-order valence-corrected chi connectivity index (χ1v) is 9.22. The topological polar surface area (TPSA) is 56.3 Å². The Balaban J connectivity index is 0.00000182. The Morgan fingerprint density at radius 1 is 1.24 bits per heavy atom. The van der Waals surface area contributed by atoms with Crippen molar-refractivity contribution in [2.75, 3.05) is 26.7 Å². The molecule has 1 aliphatic carbocycles. The third-order valence-electron chi connectivity index (χ3n) is 5.57. The lowest BCUT2D eigenvalue weighted by atomic mass is 9.82. The number of imidazole rings is 1. The molecule has 0 bridgehead atoms. The van der Waals surface area contributed by atoms with Crippen LogP contribution in [0.25, 0.3) is 11.0 Å². The number of aromatic nitrogens is 2. The molecule has 2 N–H and O–H groups in total. The molecule has 2 atom stereocenters. The number of benzene rings is 1. The number of aliphatic imine (C=N–C) groups is 1. The molecule has 4 rings (SSSR count). The molecule has 0 spiro atoms. The summed E-state index contributed by atoms with van der Waals surface area (Å²) in [4.78, 5) is 15.0. The van der Waals surface area contributed by atoms with Gasteiger partial charge in [0.25, 0.3) is 0 Å². The fraction of sp³-hybridized carbons (Fsp3) is 0.579. The van der Waals surface area contributed by atoms with Crippen LogP contribution in [-0.4, -0.2) is 47.5 Å². The van der Waals surface area contributed by atoms with Gasteiger partial charge in [0.15, 0.2) is 5.96 Å². The van der Waals surface area contributed by atoms with E-state index in [0.29, 0.717) is 0 Å². The van der Waals surface area contributed by atoms with E-state index >= 15 is 0 Å². The van der Waals surface area contributed by atoms with Crippen LogP contribution in [0.3, 0.4) is 0 Å². The molecule has 136 valence electrons. The normalized spacial score (nSPS) is 23.4. The van der Waals surface area contributed by atoms with Crippen molar-refractivity contribution in [2.45, 2.75) is 32.1 Å². The first kappa shape index (κ1) is 18.5. The van der Waals surface area contributed by atoms with E-state index in [1.807, 2.05) is 25.2 Å². The molecule has 2 aromatic rings. The molecule has 25 heavy (non-hydrogen) atoms. The number of H-pyrrole nitrogens is 1. The highest BCUT2D eigenvalue weighted by Gasteiger charge is 2.35. The number of hydrogen-bond donors (Lipinski definition) is 2. The number of aromatic amines is 1. The Labute approximate surface area is 166 Å². The number of guanidine groups is 1. The summed E-state index contributed by atoms with van der Waals surface area (Å²) < 4.78 is 0. The lowest BCUT2D eigenvalue weighted by Crippen LogP contribution is -2.41. The average molecular weight is 453 g/mol. The number of nitrogens with zero attached hydrogens (tertiary/aromatic N) is 3. The van der Waals surface area contributed by atoms with Gasteiger partial charge in [-0.05, 0) is 36.8 Å². The summed E-state index contributed by atoms with van der Waals surface area (Å²) in [5.41, 5.74) is 2.15. The largest absolute Gasteiger partial charge is 0.356 e. The Bertz CT molecular complexity index is 678. The van der Waals surface area contributed by atoms with Crippen molar-refractivity contribution in [3.63, 3.8) is 0 Å². The van der Waals surface area contributed by atoms with Gasteiger partial charge in [0, 0.05) is 33.1 Å². The zero-order valence-corrected chi connectivity index (χ0v) is 17.2. The Morgan fingerprint density at radius 3 is 2.64 bits per heavy atom. The van der Waals surface area contributed by atoms with Crippen LogP contribution in [0.15, 0.2) is 29.3 Å². The maximum absolute atomic E-state index is 4.64. The standard InChI is InChI=1S/C19H27N5.HI/c1-20-19(24-12-14-6-2-3-7-15(14)13-24)21-11-10-18-22-16-8-4-5-9-17(16)23-18;/h4-5,8-9,14-15H,2-3,6-7,10-13H2,1H3,(H,20,21)(H,22,23);1H. The molecule has 1 aliphatic heterocycles. The average Bonchev–Trinajstić information content (AvgIpc) is 3.21. The summed E-state index contributed by atoms with van der Waals surface area (Å²) in [6, 6.07) is 8.19. The molecule has 2 heterocycles. The smallest absolute Gasteiger partial charge is 0.193 e. The van der Waals surface area contributed by atoms with Gasteiger partial charge in [-0.3, -0.25) is 4.99 Å². The van der Waals surface area contributed by atoms with Crippen LogP contribution >= 0.6 is 24.0 Å². The summed E-state index contributed by atoms with van der Waals surface area (Å²) in [7, 11) is 1.89. The minimum atomic E-state index is 0. The van der Waals surface area contributed by atoms with Gasteiger partial charge in [0.05, 0.1) is 11.0 Å². The predicted molar refractivity (Wildman–Crippen MR) is 114 cm³/mol. The number of nitrogens with one attached hydrogen (secondary N) is 2. The van der Waals surface area contributed by atoms with Gasteiger partial charge >= 0.3 is 0 Å². The molecule has 1 saturated carbocycles. The molecular weight excluding hydrogens is 425 g/mol. The van der Waals surface area contributed by atoms with Gasteiger partial charge in [0.1, 0.15) is 5.82 Å². The Morgan fingerprint density at radius 2 is 1.96 bits per heavy atom. The van der Waals surface area contributed by atoms with E-state index in [0.717, 1.165) is 47.6 Å². The lowest BCUT2D eigenvalue weighted by Gasteiger charge is -2.22. The van der Waals surface area contributed by atoms with Crippen LogP contribution in [0, 0.1) is 11.8 Å². The maximum atomic E-state index is 4.64. The minimum absolute atomic E-state index is 0. The van der Waals surface area contributed by atoms with E-state index < -0.39 is 0 Å². The highest BCUT2D eigenvalue weighted by Crippen LogP contribution is 2.35. The summed E-state index contributed by atoms with van der Waals surface area (Å²) >= 11 is 0. The highest BCUT2D eigenvalue weighted by atomic mass is 127. The van der Waals surface area contributed by atoms with Crippen LogP contribution in [0.1, 0.15) is 31.5 Å². The summed E-state index contributed by atoms with van der Waals surface area (Å²) in [5, 5.41) is 3.53. The van der Waals surface area contributed by atoms with Crippen molar-refractivity contribution in [1.82, 2.24) is 20.2 Å². The second-order valence-corrected chi connectivity index (χ2v) is 7.13. The zero-order valence-electron chi connectivity index (χ0n) is 14.9. The highest BCUT2D eigenvalue weighted by molar-refractivity contribution is 14.0. The summed E-state index contributed by atoms with van der Waals surface area (Å²) in [5.74, 6) is 3.86. The van der Waals surface area contributed by atoms with Gasteiger partial charge in [-0.25, -0.2) is 4.98 Å². The van der Waals surface area contributed by atoms with Crippen molar-refractivity contribution >= 4 is 41.0 Å². The van der Waals surface area contributed by atoms with Crippen LogP contribution in [0.4, 0.5) is 0 Å². The van der Waals surface area contributed by atoms with Crippen LogP contribution < -0.4 is 5.32 Å². The molecule has 0 amide bonds. The fourth-order valence-corrected chi connectivity index (χ4v) is 4.33. The number of rotatable bonds is 3. The van der Waals surface area contributed by atoms with E-state index in [-0.39, 0.29) is 24.0 Å². The van der Waals surface area contributed by atoms with Crippen LogP contribution in [-0.2, 0) is 6.42 Å². The summed E-state index contributed by atoms with van der Waals surface area (Å²) in [6.45, 7) is 3.21. The molecule has 6 heteroatoms. The zero-order chi connectivity index (χ0) is 16.4. The molecule has 0 radical (unpaired) electrons. The van der Waals surface area contributed by atoms with Gasteiger partial charge in [0.2, 0.25) is 0 Å². The number of para-hydroxylation sites is 2. The van der Waals surface area contributed by atoms with E-state index in [4.69, 9.17) is 0 Å². The van der Waals surface area contributed by atoms with E-state index in [1.54, 1.807) is 0 Å². The quantitative estimate of drug-likeness (QED) is 0.426. The Hall–Kier alpha value is -1.31. The predicted octanol–water partition coefficient (Wildman–Crippen LogP) is 3.42. The van der Waals surface area contributed by atoms with E-state index in [1.165, 1.54) is 38.8 Å². The third-order valence-corrected chi connectivity index (χ3v) is 5.57. The fourth-order valence-electron chi connectivity index (χ4n) is 4.33. The number of halogens is 1. The van der Waals surface area contributed by atoms with Crippen molar-refractivity contribution < 1.29 is 0 Å². The monoisotopic (exact) mass is 453 g/mol. The molecule has 2 fully saturated rings. The first-order valence-electron chi connectivity index (χ1n) is 9.22. The van der Waals surface area contributed by atoms with Crippen molar-refractivity contribution in [2.24, 2.45) is 16.8 Å². The van der Waals surface area contributed by atoms with Gasteiger partial charge in [-0.1, -0.05) is 25.0 Å². The molecule has 2 unspecified atom stereocenters. The number of hydrogen-bond acceptors (Lipinski definition) is 2. The molecule has 2 aliphatic rings. The van der Waals surface area contributed by atoms with E-state index in [2.05, 4.69) is 31.2 Å². The molecule has 1 saturated heterocycles. The van der Waals surface area contributed by atoms with Crippen molar-refractivity contribution in [1.29, 1.82) is 0 Å². The second-order valence-electron chi connectivity index (χ2n) is 7.13.